The van der Waals surface area contributed by atoms with Crippen LogP contribution in [0.2, 0.25) is 0 Å². The average molecular weight is 298 g/mol. The number of halogens is 6. The summed E-state index contributed by atoms with van der Waals surface area (Å²) in [6, 6.07) is 1.38. The summed E-state index contributed by atoms with van der Waals surface area (Å²) in [5.74, 6) is -3.45. The van der Waals surface area contributed by atoms with Crippen molar-refractivity contribution < 1.29 is 40.7 Å². The van der Waals surface area contributed by atoms with Gasteiger partial charge in [-0.3, -0.25) is 0 Å². The highest BCUT2D eigenvalue weighted by molar-refractivity contribution is 5.95. The van der Waals surface area contributed by atoms with E-state index in [0.717, 1.165) is 0 Å². The molecule has 2 aromatic rings. The zero-order chi connectivity index (χ0) is 15.3. The van der Waals surface area contributed by atoms with Gasteiger partial charge in [0.2, 0.25) is 5.76 Å². The molecule has 9 heteroatoms. The number of carbonyl (C=O) groups is 1. The number of hydrogen-bond donors (Lipinski definition) is 1. The van der Waals surface area contributed by atoms with E-state index in [4.69, 9.17) is 5.11 Å². The molecule has 0 unspecified atom stereocenters. The Hall–Kier alpha value is -2.19. The first-order chi connectivity index (χ1) is 9.01. The van der Waals surface area contributed by atoms with Crippen LogP contribution in [0.5, 0.6) is 0 Å². The van der Waals surface area contributed by atoms with E-state index >= 15 is 0 Å². The quantitative estimate of drug-likeness (QED) is 0.804. The van der Waals surface area contributed by atoms with Gasteiger partial charge in [0.15, 0.2) is 0 Å². The number of benzene rings is 1. The fraction of sp³-hybridized carbons (Fsp3) is 0.182. The fourth-order valence-electron chi connectivity index (χ4n) is 1.71. The topological polar surface area (TPSA) is 50.4 Å². The SMILES string of the molecule is O=C(O)c1oc2ccc(C(F)(F)F)cc2c1C(F)(F)F. The van der Waals surface area contributed by atoms with Gasteiger partial charge in [-0.15, -0.1) is 0 Å². The number of carboxylic acids is 1. The van der Waals surface area contributed by atoms with Gasteiger partial charge in [-0.05, 0) is 18.2 Å². The molecule has 1 N–H and O–H groups in total. The Balaban J connectivity index is 2.83. The van der Waals surface area contributed by atoms with Gasteiger partial charge in [0.05, 0.1) is 5.56 Å². The standard InChI is InChI=1S/C11H4F6O3/c12-10(13,14)4-1-2-6-5(3-4)7(11(15,16)17)8(20-6)9(18)19/h1-3H,(H,18,19). The summed E-state index contributed by atoms with van der Waals surface area (Å²) in [6.45, 7) is 0. The molecule has 0 spiro atoms. The molecule has 0 radical (unpaired) electrons. The lowest BCUT2D eigenvalue weighted by Crippen LogP contribution is -2.11. The zero-order valence-corrected chi connectivity index (χ0v) is 9.26. The van der Waals surface area contributed by atoms with E-state index in [1.807, 2.05) is 0 Å². The van der Waals surface area contributed by atoms with Crippen molar-refractivity contribution in [3.63, 3.8) is 0 Å². The van der Waals surface area contributed by atoms with Gasteiger partial charge in [0.25, 0.3) is 0 Å². The van der Waals surface area contributed by atoms with Crippen LogP contribution in [0.25, 0.3) is 11.0 Å². The van der Waals surface area contributed by atoms with E-state index < -0.39 is 46.2 Å². The molecule has 3 nitrogen and oxygen atoms in total. The Morgan fingerprint density at radius 2 is 1.65 bits per heavy atom. The van der Waals surface area contributed by atoms with Crippen LogP contribution in [0.4, 0.5) is 26.3 Å². The van der Waals surface area contributed by atoms with Crippen LogP contribution < -0.4 is 0 Å². The lowest BCUT2D eigenvalue weighted by atomic mass is 10.1. The van der Waals surface area contributed by atoms with Gasteiger partial charge in [-0.2, -0.15) is 26.3 Å². The van der Waals surface area contributed by atoms with Gasteiger partial charge in [0, 0.05) is 5.39 Å². The van der Waals surface area contributed by atoms with E-state index in [1.54, 1.807) is 0 Å². The van der Waals surface area contributed by atoms with Gasteiger partial charge in [-0.25, -0.2) is 4.79 Å². The lowest BCUT2D eigenvalue weighted by Gasteiger charge is -2.08. The first kappa shape index (κ1) is 14.2. The van der Waals surface area contributed by atoms with Crippen LogP contribution in [0, 0.1) is 0 Å². The highest BCUT2D eigenvalue weighted by atomic mass is 19.4. The molecular formula is C11H4F6O3. The Kier molecular flexibility index (Phi) is 2.95. The molecule has 20 heavy (non-hydrogen) atoms. The predicted molar refractivity (Wildman–Crippen MR) is 53.2 cm³/mol. The molecular weight excluding hydrogens is 294 g/mol. The molecule has 1 heterocycles. The van der Waals surface area contributed by atoms with E-state index in [0.29, 0.717) is 12.1 Å². The van der Waals surface area contributed by atoms with Crippen molar-refractivity contribution in [3.05, 3.63) is 35.1 Å². The van der Waals surface area contributed by atoms with Crippen LogP contribution in [0.1, 0.15) is 21.7 Å². The van der Waals surface area contributed by atoms with Crippen molar-refractivity contribution in [2.24, 2.45) is 0 Å². The number of aromatic carboxylic acids is 1. The van der Waals surface area contributed by atoms with Crippen molar-refractivity contribution in [2.45, 2.75) is 12.4 Å². The summed E-state index contributed by atoms with van der Waals surface area (Å²) in [4.78, 5) is 10.7. The Morgan fingerprint density at radius 3 is 2.10 bits per heavy atom. The largest absolute Gasteiger partial charge is 0.475 e. The summed E-state index contributed by atoms with van der Waals surface area (Å²) in [6.07, 6.45) is -10.00. The van der Waals surface area contributed by atoms with Crippen LogP contribution >= 0.6 is 0 Å². The van der Waals surface area contributed by atoms with E-state index in [-0.39, 0.29) is 6.07 Å². The van der Waals surface area contributed by atoms with Gasteiger partial charge in [-0.1, -0.05) is 0 Å². The third kappa shape index (κ3) is 2.30. The van der Waals surface area contributed by atoms with Crippen molar-refractivity contribution in [2.75, 3.05) is 0 Å². The first-order valence-electron chi connectivity index (χ1n) is 4.96. The molecule has 0 bridgehead atoms. The molecule has 0 aliphatic carbocycles. The lowest BCUT2D eigenvalue weighted by molar-refractivity contribution is -0.139. The molecule has 0 atom stereocenters. The number of alkyl halides is 6. The van der Waals surface area contributed by atoms with Crippen molar-refractivity contribution >= 4 is 16.9 Å². The normalized spacial score (nSPS) is 12.9. The van der Waals surface area contributed by atoms with Crippen molar-refractivity contribution in [1.82, 2.24) is 0 Å². The fourth-order valence-corrected chi connectivity index (χ4v) is 1.71. The number of carboxylic acid groups (broad SMARTS) is 1. The van der Waals surface area contributed by atoms with E-state index in [9.17, 15) is 31.1 Å². The van der Waals surface area contributed by atoms with E-state index in [2.05, 4.69) is 4.42 Å². The van der Waals surface area contributed by atoms with Gasteiger partial charge in [0.1, 0.15) is 11.1 Å². The minimum absolute atomic E-state index is 0.216. The summed E-state index contributed by atoms with van der Waals surface area (Å²) in [5.41, 5.74) is -3.64. The van der Waals surface area contributed by atoms with Crippen molar-refractivity contribution in [1.29, 1.82) is 0 Å². The number of rotatable bonds is 1. The number of furan rings is 1. The second kappa shape index (κ2) is 4.15. The zero-order valence-electron chi connectivity index (χ0n) is 9.26. The summed E-state index contributed by atoms with van der Waals surface area (Å²) in [7, 11) is 0. The molecule has 2 rings (SSSR count). The van der Waals surface area contributed by atoms with E-state index in [1.165, 1.54) is 0 Å². The van der Waals surface area contributed by atoms with Crippen LogP contribution in [-0.4, -0.2) is 11.1 Å². The maximum absolute atomic E-state index is 12.8. The minimum atomic E-state index is -5.15. The Bertz CT molecular complexity index is 680. The Labute approximate surface area is 106 Å². The molecule has 1 aromatic heterocycles. The minimum Gasteiger partial charge on any atom is -0.475 e. The molecule has 0 fully saturated rings. The first-order valence-corrected chi connectivity index (χ1v) is 4.96. The van der Waals surface area contributed by atoms with Crippen LogP contribution in [0.15, 0.2) is 22.6 Å². The van der Waals surface area contributed by atoms with Crippen LogP contribution in [0.3, 0.4) is 0 Å². The second-order valence-corrected chi connectivity index (χ2v) is 3.82. The third-order valence-corrected chi connectivity index (χ3v) is 2.49. The second-order valence-electron chi connectivity index (χ2n) is 3.82. The third-order valence-electron chi connectivity index (χ3n) is 2.49. The molecule has 1 aromatic carbocycles. The van der Waals surface area contributed by atoms with Crippen LogP contribution in [-0.2, 0) is 12.4 Å². The predicted octanol–water partition coefficient (Wildman–Crippen LogP) is 4.17. The monoisotopic (exact) mass is 298 g/mol. The molecule has 0 amide bonds. The molecule has 0 saturated carbocycles. The maximum atomic E-state index is 12.8. The molecule has 108 valence electrons. The van der Waals surface area contributed by atoms with Crippen molar-refractivity contribution in [3.8, 4) is 0 Å². The smallest absolute Gasteiger partial charge is 0.420 e. The number of hydrogen-bond acceptors (Lipinski definition) is 2. The highest BCUT2D eigenvalue weighted by Gasteiger charge is 2.42. The Morgan fingerprint density at radius 1 is 1.05 bits per heavy atom. The molecule has 0 aliphatic heterocycles. The number of fused-ring (bicyclic) bond motifs is 1. The maximum Gasteiger partial charge on any atom is 0.420 e. The molecule has 0 aliphatic rings. The summed E-state index contributed by atoms with van der Waals surface area (Å²) < 4.78 is 80.3. The summed E-state index contributed by atoms with van der Waals surface area (Å²) in [5, 5.41) is 7.70. The molecule has 0 saturated heterocycles. The highest BCUT2D eigenvalue weighted by Crippen LogP contribution is 2.41. The van der Waals surface area contributed by atoms with Gasteiger partial charge >= 0.3 is 18.3 Å². The van der Waals surface area contributed by atoms with Gasteiger partial charge < -0.3 is 9.52 Å². The summed E-state index contributed by atoms with van der Waals surface area (Å²) >= 11 is 0. The average Bonchev–Trinajstić information content (AvgIpc) is 2.65.